The summed E-state index contributed by atoms with van der Waals surface area (Å²) in [7, 11) is 1.82. The summed E-state index contributed by atoms with van der Waals surface area (Å²) in [4.78, 5) is 20.9. The average Bonchev–Trinajstić information content (AvgIpc) is 3.48. The highest BCUT2D eigenvalue weighted by atomic mass is 127. The van der Waals surface area contributed by atoms with Crippen LogP contribution in [0.3, 0.4) is 0 Å². The van der Waals surface area contributed by atoms with Crippen LogP contribution in [0, 0.1) is 0 Å². The molecule has 8 heteroatoms. The monoisotopic (exact) mass is 519 g/mol. The van der Waals surface area contributed by atoms with Gasteiger partial charge < -0.3 is 15.5 Å². The lowest BCUT2D eigenvalue weighted by molar-refractivity contribution is -0.121. The minimum absolute atomic E-state index is 0. The highest BCUT2D eigenvalue weighted by Crippen LogP contribution is 2.18. The maximum absolute atomic E-state index is 11.7. The molecule has 2 aliphatic rings. The summed E-state index contributed by atoms with van der Waals surface area (Å²) in [6, 6.07) is 8.53. The first-order chi connectivity index (χ1) is 13.1. The van der Waals surface area contributed by atoms with Crippen LogP contribution in [0.15, 0.2) is 29.3 Å². The van der Waals surface area contributed by atoms with Crippen LogP contribution in [0.2, 0.25) is 5.02 Å². The first-order valence-corrected chi connectivity index (χ1v) is 10.2. The van der Waals surface area contributed by atoms with E-state index < -0.39 is 0 Å². The van der Waals surface area contributed by atoms with Crippen LogP contribution in [-0.4, -0.2) is 67.5 Å². The molecule has 0 radical (unpaired) electrons. The van der Waals surface area contributed by atoms with Gasteiger partial charge in [0.1, 0.15) is 0 Å². The van der Waals surface area contributed by atoms with Gasteiger partial charge in [0, 0.05) is 63.8 Å². The Morgan fingerprint density at radius 3 is 2.46 bits per heavy atom. The van der Waals surface area contributed by atoms with Crippen LogP contribution in [0.4, 0.5) is 0 Å². The Labute approximate surface area is 190 Å². The number of benzene rings is 1. The molecule has 28 heavy (non-hydrogen) atoms. The van der Waals surface area contributed by atoms with Crippen LogP contribution in [0.5, 0.6) is 0 Å². The van der Waals surface area contributed by atoms with Crippen molar-refractivity contribution < 1.29 is 4.79 Å². The van der Waals surface area contributed by atoms with Gasteiger partial charge >= 0.3 is 0 Å². The summed E-state index contributed by atoms with van der Waals surface area (Å²) in [5.41, 5.74) is 1.29. The van der Waals surface area contributed by atoms with Crippen molar-refractivity contribution in [2.45, 2.75) is 38.3 Å². The number of rotatable bonds is 7. The van der Waals surface area contributed by atoms with E-state index in [0.717, 1.165) is 69.5 Å². The summed E-state index contributed by atoms with van der Waals surface area (Å²) in [5, 5.41) is 7.20. The molecule has 1 saturated heterocycles. The number of nitrogens with zero attached hydrogens (tertiary/aromatic N) is 3. The van der Waals surface area contributed by atoms with E-state index in [1.807, 2.05) is 19.2 Å². The van der Waals surface area contributed by atoms with E-state index in [-0.39, 0.29) is 29.9 Å². The maximum Gasteiger partial charge on any atom is 0.220 e. The highest BCUT2D eigenvalue weighted by Gasteiger charge is 2.23. The Morgan fingerprint density at radius 1 is 1.18 bits per heavy atom. The first kappa shape index (κ1) is 23.2. The molecule has 1 heterocycles. The van der Waals surface area contributed by atoms with Crippen molar-refractivity contribution in [3.63, 3.8) is 0 Å². The molecule has 2 fully saturated rings. The molecule has 6 nitrogen and oxygen atoms in total. The van der Waals surface area contributed by atoms with E-state index in [1.54, 1.807) is 0 Å². The van der Waals surface area contributed by atoms with Crippen molar-refractivity contribution >= 4 is 47.4 Å². The standard InChI is InChI=1S/C20H30ClN5O.HI/c1-22-20(23-10-2-3-19(27)24-18-8-9-18)26-13-11-25(12-14-26)15-16-4-6-17(21)7-5-16;/h4-7,18H,2-3,8-15H2,1H3,(H,22,23)(H,24,27);1H. The SMILES string of the molecule is CN=C(NCCCC(=O)NC1CC1)N1CCN(Cc2ccc(Cl)cc2)CC1.I. The van der Waals surface area contributed by atoms with Gasteiger partial charge in [-0.1, -0.05) is 23.7 Å². The van der Waals surface area contributed by atoms with Crippen LogP contribution in [0.1, 0.15) is 31.2 Å². The van der Waals surface area contributed by atoms with E-state index in [9.17, 15) is 4.79 Å². The predicted octanol–water partition coefficient (Wildman–Crippen LogP) is 2.71. The summed E-state index contributed by atoms with van der Waals surface area (Å²) in [6.45, 7) is 5.65. The van der Waals surface area contributed by atoms with Gasteiger partial charge in [-0.25, -0.2) is 0 Å². The molecule has 0 bridgehead atoms. The van der Waals surface area contributed by atoms with Crippen LogP contribution >= 0.6 is 35.6 Å². The zero-order valence-electron chi connectivity index (χ0n) is 16.5. The zero-order chi connectivity index (χ0) is 19.1. The number of halogens is 2. The Kier molecular flexibility index (Phi) is 9.81. The quantitative estimate of drug-likeness (QED) is 0.252. The largest absolute Gasteiger partial charge is 0.356 e. The van der Waals surface area contributed by atoms with Crippen LogP contribution in [0.25, 0.3) is 0 Å². The second-order valence-electron chi connectivity index (χ2n) is 7.31. The molecule has 1 aliphatic heterocycles. The second kappa shape index (κ2) is 11.8. The van der Waals surface area contributed by atoms with Gasteiger partial charge in [0.05, 0.1) is 0 Å². The van der Waals surface area contributed by atoms with Crippen molar-refractivity contribution in [1.29, 1.82) is 0 Å². The number of nitrogens with one attached hydrogen (secondary N) is 2. The third kappa shape index (κ3) is 7.75. The van der Waals surface area contributed by atoms with Crippen LogP contribution in [-0.2, 0) is 11.3 Å². The van der Waals surface area contributed by atoms with Crippen molar-refractivity contribution in [3.8, 4) is 0 Å². The molecule has 3 rings (SSSR count). The number of carbonyl (C=O) groups is 1. The Balaban J connectivity index is 0.00000280. The van der Waals surface area contributed by atoms with Crippen molar-refractivity contribution in [1.82, 2.24) is 20.4 Å². The molecular weight excluding hydrogens is 489 g/mol. The minimum atomic E-state index is 0. The van der Waals surface area contributed by atoms with Crippen molar-refractivity contribution in [3.05, 3.63) is 34.9 Å². The van der Waals surface area contributed by atoms with Crippen molar-refractivity contribution in [2.75, 3.05) is 39.8 Å². The molecule has 1 aliphatic carbocycles. The zero-order valence-corrected chi connectivity index (χ0v) is 19.6. The Morgan fingerprint density at radius 2 is 1.86 bits per heavy atom. The molecule has 156 valence electrons. The number of amides is 1. The summed E-state index contributed by atoms with van der Waals surface area (Å²) >= 11 is 5.96. The van der Waals surface area contributed by atoms with Gasteiger partial charge in [-0.15, -0.1) is 24.0 Å². The summed E-state index contributed by atoms with van der Waals surface area (Å²) in [6.07, 6.45) is 3.69. The minimum Gasteiger partial charge on any atom is -0.356 e. The number of piperazine rings is 1. The fourth-order valence-corrected chi connectivity index (χ4v) is 3.40. The average molecular weight is 520 g/mol. The second-order valence-corrected chi connectivity index (χ2v) is 7.75. The predicted molar refractivity (Wildman–Crippen MR) is 125 cm³/mol. The number of hydrogen-bond donors (Lipinski definition) is 2. The van der Waals surface area contributed by atoms with Gasteiger partial charge in [-0.2, -0.15) is 0 Å². The third-order valence-corrected chi connectivity index (χ3v) is 5.26. The smallest absolute Gasteiger partial charge is 0.220 e. The fourth-order valence-electron chi connectivity index (χ4n) is 3.27. The van der Waals surface area contributed by atoms with Gasteiger partial charge in [0.15, 0.2) is 5.96 Å². The van der Waals surface area contributed by atoms with Gasteiger partial charge in [0.25, 0.3) is 0 Å². The summed E-state index contributed by atoms with van der Waals surface area (Å²) < 4.78 is 0. The molecule has 1 aromatic carbocycles. The Bertz CT molecular complexity index is 643. The third-order valence-electron chi connectivity index (χ3n) is 5.01. The molecular formula is C20H31ClIN5O. The number of carbonyl (C=O) groups excluding carboxylic acids is 1. The molecule has 0 atom stereocenters. The Hall–Kier alpha value is -1.06. The number of aliphatic imine (C=N–C) groups is 1. The van der Waals surface area contributed by atoms with Crippen LogP contribution < -0.4 is 10.6 Å². The molecule has 0 spiro atoms. The fraction of sp³-hybridized carbons (Fsp3) is 0.600. The van der Waals surface area contributed by atoms with Crippen molar-refractivity contribution in [2.24, 2.45) is 4.99 Å². The molecule has 1 saturated carbocycles. The van der Waals surface area contributed by atoms with E-state index in [0.29, 0.717) is 12.5 Å². The molecule has 0 aromatic heterocycles. The van der Waals surface area contributed by atoms with Gasteiger partial charge in [-0.05, 0) is 37.0 Å². The summed E-state index contributed by atoms with van der Waals surface area (Å²) in [5.74, 6) is 1.11. The lowest BCUT2D eigenvalue weighted by atomic mass is 10.2. The molecule has 0 unspecified atom stereocenters. The van der Waals surface area contributed by atoms with Gasteiger partial charge in [0.2, 0.25) is 5.91 Å². The normalized spacial score (nSPS) is 17.8. The molecule has 1 aromatic rings. The number of guanidine groups is 1. The lowest BCUT2D eigenvalue weighted by Crippen LogP contribution is -2.52. The lowest BCUT2D eigenvalue weighted by Gasteiger charge is -2.36. The van der Waals surface area contributed by atoms with Gasteiger partial charge in [-0.3, -0.25) is 14.7 Å². The first-order valence-electron chi connectivity index (χ1n) is 9.86. The van der Waals surface area contributed by atoms with E-state index >= 15 is 0 Å². The number of hydrogen-bond acceptors (Lipinski definition) is 3. The topological polar surface area (TPSA) is 60.0 Å². The maximum atomic E-state index is 11.7. The van der Waals surface area contributed by atoms with E-state index in [2.05, 4.69) is 37.6 Å². The van der Waals surface area contributed by atoms with E-state index in [1.165, 1.54) is 5.56 Å². The highest BCUT2D eigenvalue weighted by molar-refractivity contribution is 14.0. The molecule has 1 amide bonds. The van der Waals surface area contributed by atoms with E-state index in [4.69, 9.17) is 11.6 Å². The molecule has 2 N–H and O–H groups in total.